The molecule has 0 aliphatic carbocycles. The minimum absolute atomic E-state index is 0.138. The second-order valence-corrected chi connectivity index (χ2v) is 5.76. The van der Waals surface area contributed by atoms with Crippen molar-refractivity contribution in [3.05, 3.63) is 54.6 Å². The maximum atomic E-state index is 12.3. The molecule has 0 spiro atoms. The summed E-state index contributed by atoms with van der Waals surface area (Å²) in [6.07, 6.45) is -0.897. The van der Waals surface area contributed by atoms with Gasteiger partial charge in [0, 0.05) is 12.6 Å². The number of likely N-dealkylation sites (tertiary alicyclic amines) is 1. The summed E-state index contributed by atoms with van der Waals surface area (Å²) < 4.78 is 5.39. The van der Waals surface area contributed by atoms with Crippen LogP contribution in [0.3, 0.4) is 0 Å². The third kappa shape index (κ3) is 3.38. The lowest BCUT2D eigenvalue weighted by Gasteiger charge is -2.19. The molecule has 6 nitrogen and oxygen atoms in total. The minimum Gasteiger partial charge on any atom is -0.465 e. The number of rotatable bonds is 3. The first-order valence-electron chi connectivity index (χ1n) is 7.67. The molecule has 0 unspecified atom stereocenters. The second kappa shape index (κ2) is 6.72. The molecule has 0 aromatic heterocycles. The third-order valence-electron chi connectivity index (χ3n) is 4.01. The molecule has 2 atom stereocenters. The van der Waals surface area contributed by atoms with Crippen LogP contribution in [0.25, 0.3) is 11.1 Å². The zero-order chi connectivity index (χ0) is 17.1. The maximum absolute atomic E-state index is 12.3. The van der Waals surface area contributed by atoms with Crippen molar-refractivity contribution in [3.8, 4) is 16.9 Å². The summed E-state index contributed by atoms with van der Waals surface area (Å²) in [7, 11) is 0. The summed E-state index contributed by atoms with van der Waals surface area (Å²) in [5.41, 5.74) is 7.69. The van der Waals surface area contributed by atoms with Crippen molar-refractivity contribution in [2.45, 2.75) is 18.5 Å². The van der Waals surface area contributed by atoms with Crippen LogP contribution in [-0.4, -0.2) is 40.7 Å². The Bertz CT molecular complexity index is 748. The number of benzene rings is 2. The first-order valence-corrected chi connectivity index (χ1v) is 7.67. The van der Waals surface area contributed by atoms with E-state index in [1.165, 1.54) is 0 Å². The highest BCUT2D eigenvalue weighted by molar-refractivity contribution is 5.83. The zero-order valence-corrected chi connectivity index (χ0v) is 13.0. The van der Waals surface area contributed by atoms with Crippen LogP contribution in [0.15, 0.2) is 54.6 Å². The van der Waals surface area contributed by atoms with Crippen molar-refractivity contribution >= 4 is 12.1 Å². The van der Waals surface area contributed by atoms with Gasteiger partial charge in [-0.1, -0.05) is 42.5 Å². The molecular weight excluding hydrogens is 308 g/mol. The van der Waals surface area contributed by atoms with E-state index in [2.05, 4.69) is 0 Å². The number of ether oxygens (including phenoxy) is 1. The van der Waals surface area contributed by atoms with Gasteiger partial charge in [0.2, 0.25) is 0 Å². The van der Waals surface area contributed by atoms with Gasteiger partial charge in [0.25, 0.3) is 0 Å². The molecule has 1 heterocycles. The summed E-state index contributed by atoms with van der Waals surface area (Å²) in [6.45, 7) is 0.138. The third-order valence-corrected chi connectivity index (χ3v) is 4.01. The van der Waals surface area contributed by atoms with Gasteiger partial charge in [0.15, 0.2) is 0 Å². The number of nitrogens with two attached hydrogens (primary N) is 1. The Labute approximate surface area is 139 Å². The fourth-order valence-corrected chi connectivity index (χ4v) is 2.86. The molecule has 1 amide bonds. The minimum atomic E-state index is -1.16. The number of hydrogen-bond donors (Lipinski definition) is 2. The quantitative estimate of drug-likeness (QED) is 0.667. The average Bonchev–Trinajstić information content (AvgIpc) is 2.98. The van der Waals surface area contributed by atoms with Crippen LogP contribution >= 0.6 is 0 Å². The lowest BCUT2D eigenvalue weighted by Crippen LogP contribution is -2.41. The number of esters is 1. The normalized spacial score (nSPS) is 20.0. The molecule has 1 aliphatic heterocycles. The highest BCUT2D eigenvalue weighted by atomic mass is 16.5. The molecule has 0 saturated carbocycles. The van der Waals surface area contributed by atoms with E-state index in [1.54, 1.807) is 18.2 Å². The topological polar surface area (TPSA) is 92.9 Å². The Morgan fingerprint density at radius 3 is 2.50 bits per heavy atom. The number of carbonyl (C=O) groups excluding carboxylic acids is 1. The molecular formula is C18H18N2O4. The van der Waals surface area contributed by atoms with E-state index in [9.17, 15) is 14.7 Å². The largest absolute Gasteiger partial charge is 0.465 e. The Morgan fingerprint density at radius 1 is 1.08 bits per heavy atom. The van der Waals surface area contributed by atoms with Gasteiger partial charge >= 0.3 is 12.1 Å². The zero-order valence-electron chi connectivity index (χ0n) is 13.0. The molecule has 1 saturated heterocycles. The highest BCUT2D eigenvalue weighted by Gasteiger charge is 2.39. The summed E-state index contributed by atoms with van der Waals surface area (Å²) in [4.78, 5) is 24.6. The maximum Gasteiger partial charge on any atom is 0.408 e. The van der Waals surface area contributed by atoms with Gasteiger partial charge in [-0.2, -0.15) is 0 Å². The van der Waals surface area contributed by atoms with Crippen LogP contribution < -0.4 is 10.5 Å². The molecule has 24 heavy (non-hydrogen) atoms. The molecule has 0 radical (unpaired) electrons. The fraction of sp³-hybridized carbons (Fsp3) is 0.222. The summed E-state index contributed by atoms with van der Waals surface area (Å²) in [6, 6.07) is 15.6. The van der Waals surface area contributed by atoms with E-state index < -0.39 is 18.1 Å². The number of nitrogens with zero attached hydrogens (tertiary/aromatic N) is 1. The molecule has 3 N–H and O–H groups in total. The Balaban J connectivity index is 1.76. The van der Waals surface area contributed by atoms with E-state index in [4.69, 9.17) is 10.5 Å². The van der Waals surface area contributed by atoms with E-state index in [0.717, 1.165) is 16.0 Å². The molecule has 1 aliphatic rings. The van der Waals surface area contributed by atoms with E-state index in [1.807, 2.05) is 36.4 Å². The van der Waals surface area contributed by atoms with Gasteiger partial charge in [0.05, 0.1) is 0 Å². The number of amides is 1. The lowest BCUT2D eigenvalue weighted by molar-refractivity contribution is -0.138. The predicted molar refractivity (Wildman–Crippen MR) is 88.6 cm³/mol. The van der Waals surface area contributed by atoms with Crippen LogP contribution in [0, 0.1) is 0 Å². The fourth-order valence-electron chi connectivity index (χ4n) is 2.86. The predicted octanol–water partition coefficient (Wildman–Crippen LogP) is 2.34. The second-order valence-electron chi connectivity index (χ2n) is 5.76. The van der Waals surface area contributed by atoms with Crippen molar-refractivity contribution < 1.29 is 19.4 Å². The van der Waals surface area contributed by atoms with Crippen LogP contribution in [0.2, 0.25) is 0 Å². The van der Waals surface area contributed by atoms with E-state index >= 15 is 0 Å². The van der Waals surface area contributed by atoms with Crippen molar-refractivity contribution in [3.63, 3.8) is 0 Å². The summed E-state index contributed by atoms with van der Waals surface area (Å²) in [5, 5.41) is 9.17. The van der Waals surface area contributed by atoms with Crippen molar-refractivity contribution in [1.29, 1.82) is 0 Å². The van der Waals surface area contributed by atoms with Crippen molar-refractivity contribution in [2.24, 2.45) is 5.73 Å². The number of carbonyl (C=O) groups is 2. The SMILES string of the molecule is N[C@H]1C[C@@H](C(=O)Oc2cccc(-c3ccccc3)c2)N(C(=O)O)C1. The Kier molecular flexibility index (Phi) is 4.48. The summed E-state index contributed by atoms with van der Waals surface area (Å²) in [5.74, 6) is -0.220. The van der Waals surface area contributed by atoms with Gasteiger partial charge in [0.1, 0.15) is 11.8 Å². The van der Waals surface area contributed by atoms with Gasteiger partial charge in [-0.3, -0.25) is 4.90 Å². The van der Waals surface area contributed by atoms with E-state index in [-0.39, 0.29) is 19.0 Å². The molecule has 1 fully saturated rings. The molecule has 2 aromatic rings. The monoisotopic (exact) mass is 326 g/mol. The van der Waals surface area contributed by atoms with Crippen LogP contribution in [0.5, 0.6) is 5.75 Å². The van der Waals surface area contributed by atoms with E-state index in [0.29, 0.717) is 5.75 Å². The van der Waals surface area contributed by atoms with Crippen LogP contribution in [0.4, 0.5) is 4.79 Å². The van der Waals surface area contributed by atoms with Gasteiger partial charge < -0.3 is 15.6 Å². The number of carboxylic acid groups (broad SMARTS) is 1. The first-order chi connectivity index (χ1) is 11.5. The first kappa shape index (κ1) is 16.0. The lowest BCUT2D eigenvalue weighted by atomic mass is 10.1. The summed E-state index contributed by atoms with van der Waals surface area (Å²) >= 11 is 0. The standard InChI is InChI=1S/C18H18N2O4/c19-14-10-16(20(11-14)18(22)23)17(21)24-15-8-4-7-13(9-15)12-5-2-1-3-6-12/h1-9,14,16H,10-11,19H2,(H,22,23)/t14-,16-/m0/s1. The Morgan fingerprint density at radius 2 is 1.79 bits per heavy atom. The number of hydrogen-bond acceptors (Lipinski definition) is 4. The van der Waals surface area contributed by atoms with Crippen LogP contribution in [0.1, 0.15) is 6.42 Å². The van der Waals surface area contributed by atoms with Gasteiger partial charge in [-0.15, -0.1) is 0 Å². The molecule has 3 rings (SSSR count). The molecule has 2 aromatic carbocycles. The van der Waals surface area contributed by atoms with Crippen LogP contribution in [-0.2, 0) is 4.79 Å². The molecule has 0 bridgehead atoms. The van der Waals surface area contributed by atoms with Gasteiger partial charge in [-0.25, -0.2) is 9.59 Å². The smallest absolute Gasteiger partial charge is 0.408 e. The average molecular weight is 326 g/mol. The van der Waals surface area contributed by atoms with Crippen molar-refractivity contribution in [1.82, 2.24) is 4.90 Å². The molecule has 124 valence electrons. The Hall–Kier alpha value is -2.86. The van der Waals surface area contributed by atoms with Gasteiger partial charge in [-0.05, 0) is 29.7 Å². The van der Waals surface area contributed by atoms with Crippen molar-refractivity contribution in [2.75, 3.05) is 6.54 Å². The molecule has 6 heteroatoms. The highest BCUT2D eigenvalue weighted by Crippen LogP contribution is 2.25.